The van der Waals surface area contributed by atoms with Crippen LogP contribution < -0.4 is 0 Å². The molecule has 0 aromatic carbocycles. The van der Waals surface area contributed by atoms with E-state index in [2.05, 4.69) is 11.1 Å². The average Bonchev–Trinajstić information content (AvgIpc) is 2.52. The summed E-state index contributed by atoms with van der Waals surface area (Å²) >= 11 is 5.55. The number of aryl methyl sites for hydroxylation is 1. The molecule has 1 rings (SSSR count). The molecular weight excluding hydrogens is 210 g/mol. The van der Waals surface area contributed by atoms with Crippen molar-refractivity contribution < 1.29 is 4.79 Å². The SMILES string of the molecule is C=CC(C)n1c(C)cc(C(=O)CCl)c1C. The van der Waals surface area contributed by atoms with Crippen LogP contribution in [0.5, 0.6) is 0 Å². The Bertz CT molecular complexity index is 393. The fourth-order valence-electron chi connectivity index (χ4n) is 1.86. The number of rotatable bonds is 4. The van der Waals surface area contributed by atoms with Gasteiger partial charge in [0.15, 0.2) is 5.78 Å². The van der Waals surface area contributed by atoms with E-state index >= 15 is 0 Å². The molecule has 82 valence electrons. The number of aromatic nitrogens is 1. The van der Waals surface area contributed by atoms with Crippen LogP contribution in [0.4, 0.5) is 0 Å². The summed E-state index contributed by atoms with van der Waals surface area (Å²) in [5, 5.41) is 0. The predicted octanol–water partition coefficient (Wildman–Crippen LogP) is 3.27. The van der Waals surface area contributed by atoms with Crippen LogP contribution >= 0.6 is 11.6 Å². The van der Waals surface area contributed by atoms with Crippen molar-refractivity contribution in [3.05, 3.63) is 35.7 Å². The first-order valence-electron chi connectivity index (χ1n) is 4.93. The standard InChI is InChI=1S/C12H16ClNO/c1-5-8(2)14-9(3)6-11(10(14)4)12(15)7-13/h5-6,8H,1,7H2,2-4H3. The lowest BCUT2D eigenvalue weighted by Crippen LogP contribution is -2.08. The quantitative estimate of drug-likeness (QED) is 0.438. The van der Waals surface area contributed by atoms with Crippen LogP contribution in [0.15, 0.2) is 18.7 Å². The number of carbonyl (C=O) groups excluding carboxylic acids is 1. The zero-order valence-electron chi connectivity index (χ0n) is 9.38. The van der Waals surface area contributed by atoms with Gasteiger partial charge in [-0.2, -0.15) is 0 Å². The van der Waals surface area contributed by atoms with Crippen molar-refractivity contribution in [1.82, 2.24) is 4.57 Å². The lowest BCUT2D eigenvalue weighted by molar-refractivity contribution is 0.102. The maximum atomic E-state index is 11.5. The van der Waals surface area contributed by atoms with Crippen molar-refractivity contribution >= 4 is 17.4 Å². The van der Waals surface area contributed by atoms with E-state index in [0.29, 0.717) is 0 Å². The highest BCUT2D eigenvalue weighted by Crippen LogP contribution is 2.21. The number of allylic oxidation sites excluding steroid dienone is 1. The molecule has 0 aliphatic rings. The number of hydrogen-bond acceptors (Lipinski definition) is 1. The molecule has 1 atom stereocenters. The molecule has 1 aromatic rings. The highest BCUT2D eigenvalue weighted by molar-refractivity contribution is 6.30. The maximum absolute atomic E-state index is 11.5. The van der Waals surface area contributed by atoms with Gasteiger partial charge < -0.3 is 4.57 Å². The Kier molecular flexibility index (Phi) is 3.75. The van der Waals surface area contributed by atoms with E-state index in [9.17, 15) is 4.79 Å². The fraction of sp³-hybridized carbons (Fsp3) is 0.417. The smallest absolute Gasteiger partial charge is 0.179 e. The lowest BCUT2D eigenvalue weighted by Gasteiger charge is -2.14. The molecule has 1 unspecified atom stereocenters. The molecule has 0 bridgehead atoms. The first kappa shape index (κ1) is 12.1. The van der Waals surface area contributed by atoms with Gasteiger partial charge in [0.05, 0.1) is 5.88 Å². The minimum absolute atomic E-state index is 0.0210. The molecule has 1 aromatic heterocycles. The summed E-state index contributed by atoms with van der Waals surface area (Å²) < 4.78 is 2.09. The Labute approximate surface area is 95.5 Å². The Balaban J connectivity index is 3.26. The molecule has 0 spiro atoms. The number of alkyl halides is 1. The second-order valence-corrected chi connectivity index (χ2v) is 3.96. The molecule has 0 saturated heterocycles. The third kappa shape index (κ3) is 2.15. The Morgan fingerprint density at radius 1 is 1.67 bits per heavy atom. The second kappa shape index (κ2) is 4.67. The van der Waals surface area contributed by atoms with E-state index in [1.807, 2.05) is 32.9 Å². The van der Waals surface area contributed by atoms with E-state index < -0.39 is 0 Å². The first-order chi connectivity index (χ1) is 7.02. The monoisotopic (exact) mass is 225 g/mol. The van der Waals surface area contributed by atoms with Gasteiger partial charge in [-0.05, 0) is 26.8 Å². The molecule has 0 amide bonds. The van der Waals surface area contributed by atoms with E-state index in [-0.39, 0.29) is 17.7 Å². The van der Waals surface area contributed by atoms with Gasteiger partial charge in [-0.15, -0.1) is 18.2 Å². The van der Waals surface area contributed by atoms with Crippen molar-refractivity contribution in [2.75, 3.05) is 5.88 Å². The zero-order valence-corrected chi connectivity index (χ0v) is 10.1. The van der Waals surface area contributed by atoms with Gasteiger partial charge in [0.25, 0.3) is 0 Å². The lowest BCUT2D eigenvalue weighted by atomic mass is 10.2. The summed E-state index contributed by atoms with van der Waals surface area (Å²) in [7, 11) is 0. The highest BCUT2D eigenvalue weighted by atomic mass is 35.5. The van der Waals surface area contributed by atoms with Crippen LogP contribution in [0, 0.1) is 13.8 Å². The van der Waals surface area contributed by atoms with Crippen LogP contribution in [-0.2, 0) is 0 Å². The number of ketones is 1. The summed E-state index contributed by atoms with van der Waals surface area (Å²) in [5.74, 6) is 0.0134. The van der Waals surface area contributed by atoms with Gasteiger partial charge in [0.1, 0.15) is 0 Å². The van der Waals surface area contributed by atoms with Crippen LogP contribution in [0.3, 0.4) is 0 Å². The summed E-state index contributed by atoms with van der Waals surface area (Å²) in [6.07, 6.45) is 1.86. The largest absolute Gasteiger partial charge is 0.342 e. The fourth-order valence-corrected chi connectivity index (χ4v) is 2.01. The van der Waals surface area contributed by atoms with Gasteiger partial charge in [-0.25, -0.2) is 0 Å². The number of Topliss-reactive ketones (excluding diaryl/α,β-unsaturated/α-hetero) is 1. The highest BCUT2D eigenvalue weighted by Gasteiger charge is 2.16. The molecule has 0 radical (unpaired) electrons. The normalized spacial score (nSPS) is 12.5. The Morgan fingerprint density at radius 2 is 2.27 bits per heavy atom. The molecule has 0 aliphatic carbocycles. The summed E-state index contributed by atoms with van der Waals surface area (Å²) in [5.41, 5.74) is 2.75. The third-order valence-electron chi connectivity index (χ3n) is 2.65. The Hall–Kier alpha value is -1.02. The van der Waals surface area contributed by atoms with E-state index in [0.717, 1.165) is 17.0 Å². The summed E-state index contributed by atoms with van der Waals surface area (Å²) in [4.78, 5) is 11.5. The molecule has 0 fully saturated rings. The van der Waals surface area contributed by atoms with Gasteiger partial charge in [0, 0.05) is 23.0 Å². The van der Waals surface area contributed by atoms with Crippen LogP contribution in [-0.4, -0.2) is 16.2 Å². The van der Waals surface area contributed by atoms with Gasteiger partial charge in [-0.3, -0.25) is 4.79 Å². The van der Waals surface area contributed by atoms with E-state index in [4.69, 9.17) is 11.6 Å². The molecule has 15 heavy (non-hydrogen) atoms. The molecule has 0 aliphatic heterocycles. The van der Waals surface area contributed by atoms with Crippen LogP contribution in [0.25, 0.3) is 0 Å². The van der Waals surface area contributed by atoms with Crippen molar-refractivity contribution in [2.24, 2.45) is 0 Å². The predicted molar refractivity (Wildman–Crippen MR) is 63.9 cm³/mol. The molecule has 0 saturated carbocycles. The van der Waals surface area contributed by atoms with Crippen molar-refractivity contribution in [1.29, 1.82) is 0 Å². The zero-order chi connectivity index (χ0) is 11.6. The number of nitrogens with zero attached hydrogens (tertiary/aromatic N) is 1. The number of hydrogen-bond donors (Lipinski definition) is 0. The average molecular weight is 226 g/mol. The van der Waals surface area contributed by atoms with Gasteiger partial charge in [0.2, 0.25) is 0 Å². The van der Waals surface area contributed by atoms with Crippen molar-refractivity contribution in [3.63, 3.8) is 0 Å². The van der Waals surface area contributed by atoms with Crippen LogP contribution in [0.1, 0.15) is 34.7 Å². The second-order valence-electron chi connectivity index (χ2n) is 3.69. The number of carbonyl (C=O) groups is 1. The molecule has 0 N–H and O–H groups in total. The minimum atomic E-state index is -0.0210. The Morgan fingerprint density at radius 3 is 2.73 bits per heavy atom. The topological polar surface area (TPSA) is 22.0 Å². The first-order valence-corrected chi connectivity index (χ1v) is 5.46. The van der Waals surface area contributed by atoms with E-state index in [1.165, 1.54) is 0 Å². The molecular formula is C12H16ClNO. The van der Waals surface area contributed by atoms with Crippen molar-refractivity contribution in [3.8, 4) is 0 Å². The molecule has 2 nitrogen and oxygen atoms in total. The minimum Gasteiger partial charge on any atom is -0.342 e. The maximum Gasteiger partial charge on any atom is 0.179 e. The van der Waals surface area contributed by atoms with Crippen molar-refractivity contribution in [2.45, 2.75) is 26.8 Å². The molecule has 1 heterocycles. The number of halogens is 1. The van der Waals surface area contributed by atoms with Gasteiger partial charge >= 0.3 is 0 Å². The molecule has 3 heteroatoms. The summed E-state index contributed by atoms with van der Waals surface area (Å²) in [6, 6.07) is 2.09. The van der Waals surface area contributed by atoms with Crippen LogP contribution in [0.2, 0.25) is 0 Å². The third-order valence-corrected chi connectivity index (χ3v) is 2.90. The van der Waals surface area contributed by atoms with E-state index in [1.54, 1.807) is 0 Å². The van der Waals surface area contributed by atoms with Gasteiger partial charge in [-0.1, -0.05) is 6.08 Å². The summed E-state index contributed by atoms with van der Waals surface area (Å²) in [6.45, 7) is 9.73.